The van der Waals surface area contributed by atoms with Crippen molar-refractivity contribution in [3.63, 3.8) is 0 Å². The van der Waals surface area contributed by atoms with Gasteiger partial charge in [-0.15, -0.1) is 0 Å². The standard InChI is InChI=1S/C25H28N4O3S.C2H6/c1-6-7-8-22(31-5)29-25(30)16(3)23(17(4)28-29)19-10-9-18(13-15(19)2)32-24-20-14-27-33-21(20)11-12-26-24;1-2/h9-14,22H,6-8H2,1-5H3;1-2H3. The van der Waals surface area contributed by atoms with Gasteiger partial charge in [0.25, 0.3) is 5.56 Å². The first kappa shape index (κ1) is 26.5. The summed E-state index contributed by atoms with van der Waals surface area (Å²) in [6.45, 7) is 11.9. The van der Waals surface area contributed by atoms with E-state index in [0.29, 0.717) is 17.2 Å². The zero-order valence-electron chi connectivity index (χ0n) is 21.6. The predicted molar refractivity (Wildman–Crippen MR) is 143 cm³/mol. The number of ether oxygens (including phenoxy) is 2. The van der Waals surface area contributed by atoms with E-state index in [1.807, 2.05) is 58.9 Å². The summed E-state index contributed by atoms with van der Waals surface area (Å²) in [5.41, 5.74) is 4.13. The molecule has 4 aromatic rings. The van der Waals surface area contributed by atoms with Crippen LogP contribution >= 0.6 is 11.5 Å². The average Bonchev–Trinajstić information content (AvgIpc) is 3.35. The molecule has 35 heavy (non-hydrogen) atoms. The third-order valence-corrected chi connectivity index (χ3v) is 6.56. The topological polar surface area (TPSA) is 79.1 Å². The third kappa shape index (κ3) is 5.60. The Kier molecular flexibility index (Phi) is 9.12. The molecule has 0 radical (unpaired) electrons. The van der Waals surface area contributed by atoms with Crippen LogP contribution < -0.4 is 10.3 Å². The van der Waals surface area contributed by atoms with Gasteiger partial charge in [-0.1, -0.05) is 33.3 Å². The maximum Gasteiger partial charge on any atom is 0.272 e. The van der Waals surface area contributed by atoms with E-state index < -0.39 is 0 Å². The zero-order chi connectivity index (χ0) is 25.5. The van der Waals surface area contributed by atoms with Crippen LogP contribution in [0.15, 0.2) is 41.5 Å². The summed E-state index contributed by atoms with van der Waals surface area (Å²) in [4.78, 5) is 17.5. The van der Waals surface area contributed by atoms with E-state index in [1.165, 1.54) is 16.2 Å². The van der Waals surface area contributed by atoms with E-state index in [1.54, 1.807) is 19.5 Å². The first-order chi connectivity index (χ1) is 16.9. The summed E-state index contributed by atoms with van der Waals surface area (Å²) < 4.78 is 18.4. The number of benzene rings is 1. The van der Waals surface area contributed by atoms with E-state index in [4.69, 9.17) is 9.47 Å². The molecule has 186 valence electrons. The summed E-state index contributed by atoms with van der Waals surface area (Å²) in [5, 5.41) is 5.51. The van der Waals surface area contributed by atoms with Gasteiger partial charge in [0.05, 0.1) is 22.0 Å². The molecule has 7 nitrogen and oxygen atoms in total. The Labute approximate surface area is 210 Å². The summed E-state index contributed by atoms with van der Waals surface area (Å²) in [7, 11) is 1.62. The van der Waals surface area contributed by atoms with Crippen molar-refractivity contribution in [3.8, 4) is 22.8 Å². The molecule has 0 fully saturated rings. The quantitative estimate of drug-likeness (QED) is 0.262. The number of hydrogen-bond donors (Lipinski definition) is 0. The fourth-order valence-corrected chi connectivity index (χ4v) is 4.69. The first-order valence-corrected chi connectivity index (χ1v) is 12.8. The second-order valence-electron chi connectivity index (χ2n) is 8.10. The molecule has 0 spiro atoms. The second-order valence-corrected chi connectivity index (χ2v) is 8.93. The number of hydrogen-bond acceptors (Lipinski definition) is 7. The Balaban J connectivity index is 0.00000167. The molecule has 0 saturated carbocycles. The Morgan fingerprint density at radius 3 is 2.60 bits per heavy atom. The third-order valence-electron chi connectivity index (χ3n) is 5.80. The first-order valence-electron chi connectivity index (χ1n) is 12.1. The molecule has 8 heteroatoms. The van der Waals surface area contributed by atoms with Crippen LogP contribution in [0.1, 0.15) is 63.1 Å². The molecule has 1 aromatic carbocycles. The van der Waals surface area contributed by atoms with Crippen molar-refractivity contribution in [2.75, 3.05) is 7.11 Å². The van der Waals surface area contributed by atoms with Crippen LogP contribution in [-0.2, 0) is 4.74 Å². The number of rotatable bonds is 8. The highest BCUT2D eigenvalue weighted by Crippen LogP contribution is 2.34. The molecule has 0 N–H and O–H groups in total. The predicted octanol–water partition coefficient (Wildman–Crippen LogP) is 6.99. The van der Waals surface area contributed by atoms with Crippen LogP contribution in [-0.4, -0.2) is 26.2 Å². The monoisotopic (exact) mass is 494 g/mol. The number of fused-ring (bicyclic) bond motifs is 1. The van der Waals surface area contributed by atoms with Gasteiger partial charge in [0.15, 0.2) is 6.23 Å². The van der Waals surface area contributed by atoms with Gasteiger partial charge < -0.3 is 9.47 Å². The van der Waals surface area contributed by atoms with E-state index in [-0.39, 0.29) is 11.8 Å². The average molecular weight is 495 g/mol. The minimum atomic E-state index is -0.359. The lowest BCUT2D eigenvalue weighted by Gasteiger charge is -2.20. The highest BCUT2D eigenvalue weighted by atomic mass is 32.1. The van der Waals surface area contributed by atoms with Gasteiger partial charge in [-0.2, -0.15) is 9.47 Å². The van der Waals surface area contributed by atoms with Gasteiger partial charge >= 0.3 is 0 Å². The number of unbranched alkanes of at least 4 members (excludes halogenated alkanes) is 1. The lowest BCUT2D eigenvalue weighted by Crippen LogP contribution is -2.31. The molecule has 0 bridgehead atoms. The number of nitrogens with zero attached hydrogens (tertiary/aromatic N) is 4. The van der Waals surface area contributed by atoms with Gasteiger partial charge in [-0.25, -0.2) is 9.67 Å². The van der Waals surface area contributed by atoms with Crippen molar-refractivity contribution < 1.29 is 9.47 Å². The van der Waals surface area contributed by atoms with Crippen LogP contribution in [0, 0.1) is 20.8 Å². The SMILES string of the molecule is CC.CCCCC(OC)n1nc(C)c(-c2ccc(Oc3nccc4sncc34)cc2C)c(C)c1=O. The molecule has 4 rings (SSSR count). The number of aryl methyl sites for hydroxylation is 2. The zero-order valence-corrected chi connectivity index (χ0v) is 22.4. The molecule has 0 saturated heterocycles. The van der Waals surface area contributed by atoms with Crippen molar-refractivity contribution in [1.82, 2.24) is 19.1 Å². The molecule has 0 aliphatic carbocycles. The second kappa shape index (κ2) is 12.0. The molecular weight excluding hydrogens is 460 g/mol. The van der Waals surface area contributed by atoms with Crippen LogP contribution in [0.3, 0.4) is 0 Å². The van der Waals surface area contributed by atoms with Crippen molar-refractivity contribution in [2.45, 2.75) is 67.0 Å². The van der Waals surface area contributed by atoms with E-state index in [2.05, 4.69) is 21.4 Å². The van der Waals surface area contributed by atoms with Gasteiger partial charge in [-0.05, 0) is 74.5 Å². The molecule has 3 aromatic heterocycles. The van der Waals surface area contributed by atoms with Crippen molar-refractivity contribution in [3.05, 3.63) is 63.8 Å². The number of aromatic nitrogens is 4. The van der Waals surface area contributed by atoms with E-state index in [9.17, 15) is 4.79 Å². The maximum atomic E-state index is 13.2. The Morgan fingerprint density at radius 1 is 1.14 bits per heavy atom. The number of methoxy groups -OCH3 is 1. The molecule has 0 aliphatic heterocycles. The maximum absolute atomic E-state index is 13.2. The molecule has 0 amide bonds. The summed E-state index contributed by atoms with van der Waals surface area (Å²) in [6.07, 6.45) is 5.89. The van der Waals surface area contributed by atoms with Crippen molar-refractivity contribution >= 4 is 21.6 Å². The molecule has 0 aliphatic rings. The number of pyridine rings is 1. The Hall–Kier alpha value is -3.10. The Morgan fingerprint density at radius 2 is 1.91 bits per heavy atom. The van der Waals surface area contributed by atoms with Crippen LogP contribution in [0.5, 0.6) is 11.6 Å². The van der Waals surface area contributed by atoms with Crippen LogP contribution in [0.25, 0.3) is 21.2 Å². The van der Waals surface area contributed by atoms with Gasteiger partial charge in [0.2, 0.25) is 5.88 Å². The smallest absolute Gasteiger partial charge is 0.272 e. The Bertz CT molecular complexity index is 1350. The van der Waals surface area contributed by atoms with Crippen LogP contribution in [0.2, 0.25) is 0 Å². The largest absolute Gasteiger partial charge is 0.438 e. The highest BCUT2D eigenvalue weighted by molar-refractivity contribution is 7.13. The molecule has 1 unspecified atom stereocenters. The van der Waals surface area contributed by atoms with Crippen molar-refractivity contribution in [1.29, 1.82) is 0 Å². The minimum Gasteiger partial charge on any atom is -0.438 e. The van der Waals surface area contributed by atoms with Gasteiger partial charge in [-0.3, -0.25) is 4.79 Å². The highest BCUT2D eigenvalue weighted by Gasteiger charge is 2.20. The fraction of sp³-hybridized carbons (Fsp3) is 0.407. The normalized spacial score (nSPS) is 11.7. The van der Waals surface area contributed by atoms with Gasteiger partial charge in [0.1, 0.15) is 5.75 Å². The van der Waals surface area contributed by atoms with Crippen LogP contribution in [0.4, 0.5) is 0 Å². The summed E-state index contributed by atoms with van der Waals surface area (Å²) >= 11 is 1.41. The van der Waals surface area contributed by atoms with E-state index in [0.717, 1.165) is 51.7 Å². The molecule has 3 heterocycles. The van der Waals surface area contributed by atoms with Crippen molar-refractivity contribution in [2.24, 2.45) is 0 Å². The molecular formula is C27H34N4O3S. The van der Waals surface area contributed by atoms with Gasteiger partial charge in [0, 0.05) is 24.4 Å². The lowest BCUT2D eigenvalue weighted by molar-refractivity contribution is 0.0207. The molecule has 1 atom stereocenters. The van der Waals surface area contributed by atoms with E-state index >= 15 is 0 Å². The lowest BCUT2D eigenvalue weighted by atomic mass is 9.96. The fourth-order valence-electron chi connectivity index (χ4n) is 4.06. The summed E-state index contributed by atoms with van der Waals surface area (Å²) in [5.74, 6) is 1.21. The minimum absolute atomic E-state index is 0.126. The summed E-state index contributed by atoms with van der Waals surface area (Å²) in [6, 6.07) is 7.75.